The molecule has 0 heterocycles. The summed E-state index contributed by atoms with van der Waals surface area (Å²) in [6.07, 6.45) is 1.18. The molecule has 0 saturated carbocycles. The Morgan fingerprint density at radius 2 is 1.38 bits per heavy atom. The average Bonchev–Trinajstić information content (AvgIpc) is 2.33. The summed E-state index contributed by atoms with van der Waals surface area (Å²) < 4.78 is 10.5. The molecule has 0 bridgehead atoms. The maximum Gasteiger partial charge on any atom is 0.346 e. The van der Waals surface area contributed by atoms with Crippen LogP contribution in [0.25, 0.3) is 6.08 Å². The van der Waals surface area contributed by atoms with Crippen LogP contribution in [0.5, 0.6) is 11.5 Å². The summed E-state index contributed by atoms with van der Waals surface area (Å²) in [5, 5.41) is 19.2. The quantitative estimate of drug-likeness (QED) is 0.381. The normalized spacial score (nSPS) is 11.6. The number of phenols is 2. The first kappa shape index (κ1) is 19.5. The van der Waals surface area contributed by atoms with Gasteiger partial charge in [-0.15, -0.1) is 0 Å². The maximum absolute atomic E-state index is 12.3. The molecular formula is C18H24O6. The molecule has 2 N–H and O–H groups in total. The Morgan fingerprint density at radius 1 is 0.917 bits per heavy atom. The van der Waals surface area contributed by atoms with Crippen molar-refractivity contribution in [3.8, 4) is 11.5 Å². The Morgan fingerprint density at radius 3 is 1.75 bits per heavy atom. The fourth-order valence-corrected chi connectivity index (χ4v) is 1.68. The predicted octanol–water partition coefficient (Wildman–Crippen LogP) is 3.16. The smallest absolute Gasteiger partial charge is 0.346 e. The highest BCUT2D eigenvalue weighted by atomic mass is 16.6. The Hall–Kier alpha value is -2.50. The van der Waals surface area contributed by atoms with E-state index in [1.807, 2.05) is 0 Å². The number of carbonyl (C=O) groups is 2. The van der Waals surface area contributed by atoms with Crippen molar-refractivity contribution >= 4 is 18.0 Å². The SMILES string of the molecule is CC(C)(C)OC(=O)C(=Cc1ccc(O)cc1O)C(=O)OC(C)(C)C. The molecule has 0 aromatic heterocycles. The molecule has 0 amide bonds. The van der Waals surface area contributed by atoms with E-state index in [9.17, 15) is 19.8 Å². The maximum atomic E-state index is 12.3. The summed E-state index contributed by atoms with van der Waals surface area (Å²) in [5.41, 5.74) is -1.76. The first-order chi connectivity index (χ1) is 10.8. The minimum absolute atomic E-state index is 0.138. The van der Waals surface area contributed by atoms with Gasteiger partial charge in [0.2, 0.25) is 0 Å². The fraction of sp³-hybridized carbons (Fsp3) is 0.444. The molecule has 0 spiro atoms. The van der Waals surface area contributed by atoms with Crippen molar-refractivity contribution in [1.82, 2.24) is 0 Å². The lowest BCUT2D eigenvalue weighted by atomic mass is 10.1. The van der Waals surface area contributed by atoms with Gasteiger partial charge in [0, 0.05) is 11.6 Å². The summed E-state index contributed by atoms with van der Waals surface area (Å²) in [5.74, 6) is -2.13. The van der Waals surface area contributed by atoms with Crippen molar-refractivity contribution in [2.24, 2.45) is 0 Å². The Bertz CT molecular complexity index is 629. The molecule has 1 aromatic rings. The second-order valence-electron chi connectivity index (χ2n) is 7.30. The second kappa shape index (κ2) is 6.95. The van der Waals surface area contributed by atoms with E-state index in [4.69, 9.17) is 9.47 Å². The van der Waals surface area contributed by atoms with Crippen molar-refractivity contribution in [3.63, 3.8) is 0 Å². The Balaban J connectivity index is 3.29. The highest BCUT2D eigenvalue weighted by Gasteiger charge is 2.29. The number of phenolic OH excluding ortho intramolecular Hbond substituents is 2. The predicted molar refractivity (Wildman–Crippen MR) is 89.4 cm³/mol. The zero-order valence-electron chi connectivity index (χ0n) is 14.8. The standard InChI is InChI=1S/C18H24O6/c1-17(2,3)23-15(21)13(16(22)24-18(4,5)6)9-11-7-8-12(19)10-14(11)20/h7-10,19-20H,1-6H3. The third-order valence-electron chi connectivity index (χ3n) is 2.55. The molecule has 6 heteroatoms. The van der Waals surface area contributed by atoms with E-state index in [0.717, 1.165) is 6.07 Å². The largest absolute Gasteiger partial charge is 0.508 e. The van der Waals surface area contributed by atoms with E-state index >= 15 is 0 Å². The number of hydrogen-bond donors (Lipinski definition) is 2. The minimum Gasteiger partial charge on any atom is -0.508 e. The molecule has 0 atom stereocenters. The molecular weight excluding hydrogens is 312 g/mol. The lowest BCUT2D eigenvalue weighted by Crippen LogP contribution is -2.31. The van der Waals surface area contributed by atoms with E-state index in [1.54, 1.807) is 41.5 Å². The van der Waals surface area contributed by atoms with Gasteiger partial charge in [0.25, 0.3) is 0 Å². The van der Waals surface area contributed by atoms with Gasteiger partial charge in [-0.05, 0) is 59.8 Å². The van der Waals surface area contributed by atoms with E-state index in [0.29, 0.717) is 0 Å². The molecule has 0 saturated heterocycles. The summed E-state index contributed by atoms with van der Waals surface area (Å²) >= 11 is 0. The molecule has 0 radical (unpaired) electrons. The number of aromatic hydroxyl groups is 2. The Labute approximate surface area is 141 Å². The van der Waals surface area contributed by atoms with Crippen molar-refractivity contribution in [2.45, 2.75) is 52.7 Å². The Kier molecular flexibility index (Phi) is 5.66. The van der Waals surface area contributed by atoms with Crippen LogP contribution in [0.4, 0.5) is 0 Å². The number of carbonyl (C=O) groups excluding carboxylic acids is 2. The van der Waals surface area contributed by atoms with Crippen LogP contribution >= 0.6 is 0 Å². The monoisotopic (exact) mass is 336 g/mol. The summed E-state index contributed by atoms with van der Waals surface area (Å²) in [6, 6.07) is 3.81. The van der Waals surface area contributed by atoms with E-state index < -0.39 is 23.1 Å². The van der Waals surface area contributed by atoms with Gasteiger partial charge in [-0.1, -0.05) is 0 Å². The van der Waals surface area contributed by atoms with Crippen molar-refractivity contribution in [2.75, 3.05) is 0 Å². The van der Waals surface area contributed by atoms with Gasteiger partial charge >= 0.3 is 11.9 Å². The van der Waals surface area contributed by atoms with Crippen LogP contribution in [0.1, 0.15) is 47.1 Å². The van der Waals surface area contributed by atoms with Crippen LogP contribution in [0, 0.1) is 0 Å². The molecule has 1 aromatic carbocycles. The van der Waals surface area contributed by atoms with Crippen molar-refractivity contribution in [3.05, 3.63) is 29.3 Å². The number of hydrogen-bond acceptors (Lipinski definition) is 6. The third-order valence-corrected chi connectivity index (χ3v) is 2.55. The molecule has 0 aliphatic rings. The van der Waals surface area contributed by atoms with E-state index in [2.05, 4.69) is 0 Å². The molecule has 0 fully saturated rings. The minimum atomic E-state index is -0.857. The first-order valence-electron chi connectivity index (χ1n) is 7.49. The number of esters is 2. The van der Waals surface area contributed by atoms with E-state index in [1.165, 1.54) is 18.2 Å². The van der Waals surface area contributed by atoms with Gasteiger partial charge in [0.1, 0.15) is 28.3 Å². The molecule has 132 valence electrons. The lowest BCUT2D eigenvalue weighted by Gasteiger charge is -2.23. The molecule has 0 aliphatic heterocycles. The zero-order chi connectivity index (χ0) is 18.7. The molecule has 0 aliphatic carbocycles. The van der Waals surface area contributed by atoms with Crippen LogP contribution < -0.4 is 0 Å². The van der Waals surface area contributed by atoms with Crippen LogP contribution in [0.15, 0.2) is 23.8 Å². The second-order valence-corrected chi connectivity index (χ2v) is 7.30. The molecule has 1 rings (SSSR count). The summed E-state index contributed by atoms with van der Waals surface area (Å²) in [4.78, 5) is 24.7. The van der Waals surface area contributed by atoms with Crippen molar-refractivity contribution < 1.29 is 29.3 Å². The van der Waals surface area contributed by atoms with Gasteiger partial charge in [-0.25, -0.2) is 9.59 Å². The van der Waals surface area contributed by atoms with Crippen LogP contribution in [0.3, 0.4) is 0 Å². The zero-order valence-corrected chi connectivity index (χ0v) is 14.8. The highest BCUT2D eigenvalue weighted by Crippen LogP contribution is 2.26. The highest BCUT2D eigenvalue weighted by molar-refractivity contribution is 6.18. The molecule has 24 heavy (non-hydrogen) atoms. The van der Waals surface area contributed by atoms with Gasteiger partial charge in [0.05, 0.1) is 0 Å². The van der Waals surface area contributed by atoms with Crippen molar-refractivity contribution in [1.29, 1.82) is 0 Å². The average molecular weight is 336 g/mol. The summed E-state index contributed by atoms with van der Waals surface area (Å²) in [7, 11) is 0. The van der Waals surface area contributed by atoms with Crippen LogP contribution in [-0.2, 0) is 19.1 Å². The number of rotatable bonds is 3. The van der Waals surface area contributed by atoms with Gasteiger partial charge in [-0.3, -0.25) is 0 Å². The molecule has 0 unspecified atom stereocenters. The fourth-order valence-electron chi connectivity index (χ4n) is 1.68. The van der Waals surface area contributed by atoms with Gasteiger partial charge < -0.3 is 19.7 Å². The first-order valence-corrected chi connectivity index (χ1v) is 7.49. The van der Waals surface area contributed by atoms with Crippen LogP contribution in [-0.4, -0.2) is 33.4 Å². The lowest BCUT2D eigenvalue weighted by molar-refractivity contribution is -0.158. The van der Waals surface area contributed by atoms with Gasteiger partial charge in [-0.2, -0.15) is 0 Å². The third kappa shape index (κ3) is 6.32. The molecule has 6 nitrogen and oxygen atoms in total. The summed E-state index contributed by atoms with van der Waals surface area (Å²) in [6.45, 7) is 10.1. The number of benzene rings is 1. The topological polar surface area (TPSA) is 93.1 Å². The number of ether oxygens (including phenoxy) is 2. The van der Waals surface area contributed by atoms with Gasteiger partial charge in [0.15, 0.2) is 0 Å². The van der Waals surface area contributed by atoms with E-state index in [-0.39, 0.29) is 22.6 Å². The van der Waals surface area contributed by atoms with Crippen LogP contribution in [0.2, 0.25) is 0 Å².